The van der Waals surface area contributed by atoms with Gasteiger partial charge in [-0.2, -0.15) is 0 Å². The SMILES string of the molecule is OC1c2ccccc2[Se]c2ccccc21. The van der Waals surface area contributed by atoms with Crippen molar-refractivity contribution in [3.63, 3.8) is 0 Å². The fourth-order valence-corrected chi connectivity index (χ4v) is 4.25. The first-order valence-corrected chi connectivity index (χ1v) is 6.61. The van der Waals surface area contributed by atoms with Crippen LogP contribution in [0.1, 0.15) is 17.2 Å². The number of aliphatic hydroxyl groups excluding tert-OH is 1. The summed E-state index contributed by atoms with van der Waals surface area (Å²) in [5, 5.41) is 10.2. The molecule has 0 saturated heterocycles. The van der Waals surface area contributed by atoms with Crippen molar-refractivity contribution in [3.05, 3.63) is 59.7 Å². The van der Waals surface area contributed by atoms with Gasteiger partial charge in [-0.05, 0) is 0 Å². The molecule has 0 unspecified atom stereocenters. The Kier molecular flexibility index (Phi) is 2.14. The molecule has 0 spiro atoms. The van der Waals surface area contributed by atoms with E-state index >= 15 is 0 Å². The molecule has 0 fully saturated rings. The van der Waals surface area contributed by atoms with E-state index in [1.807, 2.05) is 36.4 Å². The van der Waals surface area contributed by atoms with Crippen molar-refractivity contribution in [1.29, 1.82) is 0 Å². The fourth-order valence-electron chi connectivity index (χ4n) is 1.88. The molecular weight excluding hydrogens is 251 g/mol. The summed E-state index contributed by atoms with van der Waals surface area (Å²) in [5.74, 6) is 0. The molecule has 0 aliphatic carbocycles. The maximum absolute atomic E-state index is 10.2. The van der Waals surface area contributed by atoms with Crippen LogP contribution in [0.25, 0.3) is 0 Å². The zero-order chi connectivity index (χ0) is 10.3. The Labute approximate surface area is 94.9 Å². The Morgan fingerprint density at radius 1 is 0.800 bits per heavy atom. The van der Waals surface area contributed by atoms with Gasteiger partial charge < -0.3 is 0 Å². The number of aliphatic hydroxyl groups is 1. The standard InChI is InChI=1S/C13H10OSe/c14-13-9-5-1-3-7-11(9)15-12-8-4-2-6-10(12)13/h1-8,13-14H. The second-order valence-corrected chi connectivity index (χ2v) is 5.85. The molecule has 1 aliphatic heterocycles. The molecule has 1 nitrogen and oxygen atoms in total. The zero-order valence-electron chi connectivity index (χ0n) is 8.05. The van der Waals surface area contributed by atoms with E-state index in [-0.39, 0.29) is 0 Å². The van der Waals surface area contributed by atoms with Crippen molar-refractivity contribution < 1.29 is 5.11 Å². The van der Waals surface area contributed by atoms with Crippen LogP contribution in [-0.4, -0.2) is 20.1 Å². The first-order chi connectivity index (χ1) is 7.36. The molecule has 0 radical (unpaired) electrons. The molecule has 3 rings (SSSR count). The van der Waals surface area contributed by atoms with Gasteiger partial charge in [0.15, 0.2) is 0 Å². The first-order valence-electron chi connectivity index (χ1n) is 4.90. The zero-order valence-corrected chi connectivity index (χ0v) is 9.76. The van der Waals surface area contributed by atoms with Gasteiger partial charge in [-0.3, -0.25) is 0 Å². The van der Waals surface area contributed by atoms with Gasteiger partial charge in [0.1, 0.15) is 0 Å². The van der Waals surface area contributed by atoms with Gasteiger partial charge in [-0.1, -0.05) is 0 Å². The normalized spacial score (nSPS) is 14.5. The van der Waals surface area contributed by atoms with E-state index in [0.29, 0.717) is 15.0 Å². The molecule has 2 heteroatoms. The second kappa shape index (κ2) is 3.49. The second-order valence-electron chi connectivity index (χ2n) is 3.58. The first kappa shape index (κ1) is 9.17. The van der Waals surface area contributed by atoms with Crippen molar-refractivity contribution >= 4 is 23.9 Å². The molecular formula is C13H10OSe. The Morgan fingerprint density at radius 3 is 1.80 bits per heavy atom. The predicted molar refractivity (Wildman–Crippen MR) is 62.0 cm³/mol. The van der Waals surface area contributed by atoms with E-state index in [1.54, 1.807) is 0 Å². The van der Waals surface area contributed by atoms with Crippen LogP contribution in [0.5, 0.6) is 0 Å². The number of hydrogen-bond donors (Lipinski definition) is 1. The Balaban J connectivity index is 2.20. The molecule has 1 heterocycles. The van der Waals surface area contributed by atoms with Crippen molar-refractivity contribution in [1.82, 2.24) is 0 Å². The molecule has 0 saturated carbocycles. The van der Waals surface area contributed by atoms with Crippen LogP contribution in [0, 0.1) is 0 Å². The summed E-state index contributed by atoms with van der Waals surface area (Å²) in [7, 11) is 0. The van der Waals surface area contributed by atoms with Crippen LogP contribution in [-0.2, 0) is 0 Å². The van der Waals surface area contributed by atoms with Crippen LogP contribution in [0.4, 0.5) is 0 Å². The Morgan fingerprint density at radius 2 is 1.27 bits per heavy atom. The van der Waals surface area contributed by atoms with Gasteiger partial charge in [0.05, 0.1) is 0 Å². The van der Waals surface area contributed by atoms with E-state index < -0.39 is 6.10 Å². The molecule has 15 heavy (non-hydrogen) atoms. The molecule has 0 amide bonds. The van der Waals surface area contributed by atoms with Crippen molar-refractivity contribution in [2.24, 2.45) is 0 Å². The Hall–Kier alpha value is -1.08. The van der Waals surface area contributed by atoms with Gasteiger partial charge in [0.2, 0.25) is 0 Å². The average Bonchev–Trinajstić information content (AvgIpc) is 2.30. The van der Waals surface area contributed by atoms with Crippen LogP contribution < -0.4 is 8.92 Å². The molecule has 0 bridgehead atoms. The predicted octanol–water partition coefficient (Wildman–Crippen LogP) is 0.737. The number of benzene rings is 2. The van der Waals surface area contributed by atoms with Gasteiger partial charge in [0, 0.05) is 0 Å². The molecule has 2 aromatic rings. The van der Waals surface area contributed by atoms with E-state index in [4.69, 9.17) is 0 Å². The van der Waals surface area contributed by atoms with Crippen molar-refractivity contribution in [2.75, 3.05) is 0 Å². The summed E-state index contributed by atoms with van der Waals surface area (Å²) in [6.45, 7) is 0. The van der Waals surface area contributed by atoms with E-state index in [2.05, 4.69) is 12.1 Å². The van der Waals surface area contributed by atoms with E-state index in [1.165, 1.54) is 8.92 Å². The quantitative estimate of drug-likeness (QED) is 0.693. The van der Waals surface area contributed by atoms with E-state index in [0.717, 1.165) is 11.1 Å². The molecule has 1 N–H and O–H groups in total. The third kappa shape index (κ3) is 1.42. The molecule has 0 atom stereocenters. The van der Waals surface area contributed by atoms with Crippen LogP contribution >= 0.6 is 0 Å². The summed E-state index contributed by atoms with van der Waals surface area (Å²) in [6.07, 6.45) is -0.437. The minimum atomic E-state index is -0.437. The third-order valence-corrected chi connectivity index (χ3v) is 5.13. The van der Waals surface area contributed by atoms with Gasteiger partial charge >= 0.3 is 94.7 Å². The molecule has 74 valence electrons. The number of fused-ring (bicyclic) bond motifs is 2. The monoisotopic (exact) mass is 262 g/mol. The van der Waals surface area contributed by atoms with Gasteiger partial charge in [0.25, 0.3) is 0 Å². The topological polar surface area (TPSA) is 20.2 Å². The summed E-state index contributed by atoms with van der Waals surface area (Å²) in [6, 6.07) is 16.4. The fraction of sp³-hybridized carbons (Fsp3) is 0.0769. The van der Waals surface area contributed by atoms with Crippen molar-refractivity contribution in [2.45, 2.75) is 6.10 Å². The number of hydrogen-bond acceptors (Lipinski definition) is 1. The van der Waals surface area contributed by atoms with Crippen LogP contribution in [0.15, 0.2) is 48.5 Å². The summed E-state index contributed by atoms with van der Waals surface area (Å²) in [4.78, 5) is 0. The summed E-state index contributed by atoms with van der Waals surface area (Å²) in [5.41, 5.74) is 2.16. The third-order valence-electron chi connectivity index (χ3n) is 2.65. The molecule has 0 aromatic heterocycles. The van der Waals surface area contributed by atoms with Crippen LogP contribution in [0.2, 0.25) is 0 Å². The number of rotatable bonds is 0. The average molecular weight is 261 g/mol. The van der Waals surface area contributed by atoms with Crippen LogP contribution in [0.3, 0.4) is 0 Å². The van der Waals surface area contributed by atoms with E-state index in [9.17, 15) is 5.11 Å². The maximum atomic E-state index is 10.2. The Bertz CT molecular complexity index is 462. The van der Waals surface area contributed by atoms with Crippen molar-refractivity contribution in [3.8, 4) is 0 Å². The summed E-state index contributed by atoms with van der Waals surface area (Å²) >= 11 is 0.340. The minimum absolute atomic E-state index is 0.340. The van der Waals surface area contributed by atoms with Gasteiger partial charge in [-0.15, -0.1) is 0 Å². The van der Waals surface area contributed by atoms with Gasteiger partial charge in [-0.25, -0.2) is 0 Å². The molecule has 1 aliphatic rings. The molecule has 2 aromatic carbocycles. The summed E-state index contributed by atoms with van der Waals surface area (Å²) < 4.78 is 2.60.